The van der Waals surface area contributed by atoms with Crippen LogP contribution in [0.1, 0.15) is 37.6 Å². The van der Waals surface area contributed by atoms with Crippen molar-refractivity contribution in [3.63, 3.8) is 0 Å². The molecule has 4 rings (SSSR count). The van der Waals surface area contributed by atoms with E-state index in [1.165, 1.54) is 12.1 Å². The van der Waals surface area contributed by atoms with E-state index in [0.717, 1.165) is 31.2 Å². The van der Waals surface area contributed by atoms with E-state index in [2.05, 4.69) is 20.4 Å². The lowest BCUT2D eigenvalue weighted by atomic mass is 10.1. The fourth-order valence-corrected chi connectivity index (χ4v) is 3.35. The van der Waals surface area contributed by atoms with Crippen LogP contribution in [0.2, 0.25) is 0 Å². The average molecular weight is 381 g/mol. The minimum atomic E-state index is -0.400. The Kier molecular flexibility index (Phi) is 5.27. The van der Waals surface area contributed by atoms with Gasteiger partial charge in [-0.2, -0.15) is 4.98 Å². The molecular weight excluding hydrogens is 361 g/mol. The standard InChI is InChI=1S/C20H20FN5O2/c21-15-7-4-8-16(12-15)23-20(27)26-11-3-1-2-9-17(26)19-24-18(25-28-19)14-6-5-10-22-13-14/h4-8,10,12-13,17H,1-3,9,11H2,(H,23,27). The van der Waals surface area contributed by atoms with Crippen LogP contribution in [-0.2, 0) is 0 Å². The molecule has 3 aromatic rings. The van der Waals surface area contributed by atoms with Crippen LogP contribution >= 0.6 is 0 Å². The Hall–Kier alpha value is -3.29. The summed E-state index contributed by atoms with van der Waals surface area (Å²) in [7, 11) is 0. The van der Waals surface area contributed by atoms with E-state index in [-0.39, 0.29) is 12.1 Å². The number of anilines is 1. The third-order valence-corrected chi connectivity index (χ3v) is 4.74. The van der Waals surface area contributed by atoms with Gasteiger partial charge in [-0.1, -0.05) is 24.1 Å². The second-order valence-corrected chi connectivity index (χ2v) is 6.70. The third-order valence-electron chi connectivity index (χ3n) is 4.74. The lowest BCUT2D eigenvalue weighted by Gasteiger charge is -2.27. The number of hydrogen-bond acceptors (Lipinski definition) is 5. The summed E-state index contributed by atoms with van der Waals surface area (Å²) in [5, 5.41) is 6.81. The van der Waals surface area contributed by atoms with Crippen molar-refractivity contribution in [3.05, 3.63) is 60.5 Å². The van der Waals surface area contributed by atoms with E-state index >= 15 is 0 Å². The summed E-state index contributed by atoms with van der Waals surface area (Å²) < 4.78 is 18.9. The number of urea groups is 1. The molecule has 1 aliphatic heterocycles. The minimum Gasteiger partial charge on any atom is -0.337 e. The van der Waals surface area contributed by atoms with Gasteiger partial charge in [-0.15, -0.1) is 0 Å². The Labute approximate surface area is 161 Å². The van der Waals surface area contributed by atoms with Gasteiger partial charge < -0.3 is 14.7 Å². The predicted molar refractivity (Wildman–Crippen MR) is 101 cm³/mol. The number of likely N-dealkylation sites (tertiary alicyclic amines) is 1. The Morgan fingerprint density at radius 2 is 2.14 bits per heavy atom. The fraction of sp³-hybridized carbons (Fsp3) is 0.300. The summed E-state index contributed by atoms with van der Waals surface area (Å²) >= 11 is 0. The van der Waals surface area contributed by atoms with Crippen LogP contribution in [0, 0.1) is 5.82 Å². The second-order valence-electron chi connectivity index (χ2n) is 6.70. The molecule has 7 nitrogen and oxygen atoms in total. The highest BCUT2D eigenvalue weighted by Gasteiger charge is 2.31. The molecule has 0 aliphatic carbocycles. The molecule has 3 heterocycles. The van der Waals surface area contributed by atoms with E-state index in [9.17, 15) is 9.18 Å². The molecule has 1 N–H and O–H groups in total. The molecule has 144 valence electrons. The van der Waals surface area contributed by atoms with Crippen LogP contribution in [0.15, 0.2) is 53.3 Å². The molecule has 28 heavy (non-hydrogen) atoms. The van der Waals surface area contributed by atoms with Crippen molar-refractivity contribution in [2.75, 3.05) is 11.9 Å². The number of nitrogens with one attached hydrogen (secondary N) is 1. The molecule has 1 atom stereocenters. The maximum atomic E-state index is 13.4. The number of hydrogen-bond donors (Lipinski definition) is 1. The van der Waals surface area contributed by atoms with Crippen molar-refractivity contribution in [2.24, 2.45) is 0 Å². The van der Waals surface area contributed by atoms with E-state index in [1.807, 2.05) is 6.07 Å². The summed E-state index contributed by atoms with van der Waals surface area (Å²) in [6, 6.07) is 8.86. The number of benzene rings is 1. The number of halogens is 1. The van der Waals surface area contributed by atoms with Gasteiger partial charge >= 0.3 is 6.03 Å². The minimum absolute atomic E-state index is 0.307. The highest BCUT2D eigenvalue weighted by atomic mass is 19.1. The van der Waals surface area contributed by atoms with Crippen molar-refractivity contribution in [3.8, 4) is 11.4 Å². The summed E-state index contributed by atoms with van der Waals surface area (Å²) in [6.07, 6.45) is 6.93. The van der Waals surface area contributed by atoms with E-state index < -0.39 is 5.82 Å². The van der Waals surface area contributed by atoms with Gasteiger partial charge in [0, 0.05) is 30.2 Å². The SMILES string of the molecule is O=C(Nc1cccc(F)c1)N1CCCCCC1c1nc(-c2cccnc2)no1. The maximum Gasteiger partial charge on any atom is 0.322 e. The zero-order chi connectivity index (χ0) is 19.3. The summed E-state index contributed by atoms with van der Waals surface area (Å²) in [5.41, 5.74) is 1.16. The molecule has 2 aromatic heterocycles. The molecule has 1 saturated heterocycles. The molecule has 2 amide bonds. The number of rotatable bonds is 3. The molecule has 0 spiro atoms. The zero-order valence-electron chi connectivity index (χ0n) is 15.2. The molecule has 0 bridgehead atoms. The quantitative estimate of drug-likeness (QED) is 0.726. The van der Waals surface area contributed by atoms with E-state index in [4.69, 9.17) is 4.52 Å². The average Bonchev–Trinajstić information content (AvgIpc) is 3.06. The van der Waals surface area contributed by atoms with Gasteiger partial charge in [0.2, 0.25) is 11.7 Å². The van der Waals surface area contributed by atoms with Gasteiger partial charge in [0.1, 0.15) is 11.9 Å². The van der Waals surface area contributed by atoms with Crippen molar-refractivity contribution in [2.45, 2.75) is 31.7 Å². The second kappa shape index (κ2) is 8.16. The summed E-state index contributed by atoms with van der Waals surface area (Å²) in [5.74, 6) is 0.441. The van der Waals surface area contributed by atoms with Gasteiger partial charge in [-0.05, 0) is 43.2 Å². The topological polar surface area (TPSA) is 84.2 Å². The first-order valence-corrected chi connectivity index (χ1v) is 9.28. The number of amides is 2. The largest absolute Gasteiger partial charge is 0.337 e. The number of pyridine rings is 1. The molecule has 1 fully saturated rings. The Bertz CT molecular complexity index is 947. The van der Waals surface area contributed by atoms with Crippen LogP contribution < -0.4 is 5.32 Å². The molecule has 1 aromatic carbocycles. The van der Waals surface area contributed by atoms with Crippen molar-refractivity contribution >= 4 is 11.7 Å². The summed E-state index contributed by atoms with van der Waals surface area (Å²) in [6.45, 7) is 0.566. The van der Waals surface area contributed by atoms with Crippen LogP contribution in [0.25, 0.3) is 11.4 Å². The van der Waals surface area contributed by atoms with Gasteiger partial charge in [-0.25, -0.2) is 9.18 Å². The van der Waals surface area contributed by atoms with Crippen LogP contribution in [0.4, 0.5) is 14.9 Å². The molecule has 0 radical (unpaired) electrons. The molecule has 0 saturated carbocycles. The van der Waals surface area contributed by atoms with E-state index in [1.54, 1.807) is 35.5 Å². The number of carbonyl (C=O) groups is 1. The predicted octanol–water partition coefficient (Wildman–Crippen LogP) is 4.42. The zero-order valence-corrected chi connectivity index (χ0v) is 15.2. The molecule has 1 aliphatic rings. The third kappa shape index (κ3) is 4.00. The molecule has 1 unspecified atom stereocenters. The first kappa shape index (κ1) is 18.1. The number of nitrogens with zero attached hydrogens (tertiary/aromatic N) is 4. The Morgan fingerprint density at radius 3 is 2.96 bits per heavy atom. The van der Waals surface area contributed by atoms with Crippen LogP contribution in [0.5, 0.6) is 0 Å². The molecule has 8 heteroatoms. The monoisotopic (exact) mass is 381 g/mol. The fourth-order valence-electron chi connectivity index (χ4n) is 3.35. The van der Waals surface area contributed by atoms with E-state index in [0.29, 0.717) is 23.9 Å². The van der Waals surface area contributed by atoms with Gasteiger partial charge in [0.05, 0.1) is 0 Å². The Balaban J connectivity index is 1.57. The normalized spacial score (nSPS) is 17.2. The van der Waals surface area contributed by atoms with Gasteiger partial charge in [-0.3, -0.25) is 4.98 Å². The smallest absolute Gasteiger partial charge is 0.322 e. The first-order chi connectivity index (χ1) is 13.7. The lowest BCUT2D eigenvalue weighted by molar-refractivity contribution is 0.171. The van der Waals surface area contributed by atoms with Crippen molar-refractivity contribution in [1.29, 1.82) is 0 Å². The van der Waals surface area contributed by atoms with Crippen LogP contribution in [-0.4, -0.2) is 32.6 Å². The van der Waals surface area contributed by atoms with Crippen molar-refractivity contribution in [1.82, 2.24) is 20.0 Å². The van der Waals surface area contributed by atoms with Gasteiger partial charge in [0.25, 0.3) is 0 Å². The number of aromatic nitrogens is 3. The van der Waals surface area contributed by atoms with Gasteiger partial charge in [0.15, 0.2) is 0 Å². The Morgan fingerprint density at radius 1 is 1.21 bits per heavy atom. The highest BCUT2D eigenvalue weighted by Crippen LogP contribution is 2.31. The molecular formula is C20H20FN5O2. The first-order valence-electron chi connectivity index (χ1n) is 9.28. The summed E-state index contributed by atoms with van der Waals surface area (Å²) in [4.78, 5) is 23.1. The van der Waals surface area contributed by atoms with Crippen molar-refractivity contribution < 1.29 is 13.7 Å². The number of carbonyl (C=O) groups excluding carboxylic acids is 1. The van der Waals surface area contributed by atoms with Crippen LogP contribution in [0.3, 0.4) is 0 Å². The lowest BCUT2D eigenvalue weighted by Crippen LogP contribution is -2.38. The highest BCUT2D eigenvalue weighted by molar-refractivity contribution is 5.89. The maximum absolute atomic E-state index is 13.4.